The van der Waals surface area contributed by atoms with Gasteiger partial charge in [-0.25, -0.2) is 4.79 Å². The predicted molar refractivity (Wildman–Crippen MR) is 61.0 cm³/mol. The Balaban J connectivity index is 2.18. The average Bonchev–Trinajstić information content (AvgIpc) is 2.34. The lowest BCUT2D eigenvalue weighted by Gasteiger charge is -2.34. The van der Waals surface area contributed by atoms with E-state index >= 15 is 0 Å². The summed E-state index contributed by atoms with van der Waals surface area (Å²) in [6.07, 6.45) is 0.926. The van der Waals surface area contributed by atoms with Gasteiger partial charge in [0.2, 0.25) is 0 Å². The number of hydrogen-bond acceptors (Lipinski definition) is 2. The van der Waals surface area contributed by atoms with E-state index in [0.29, 0.717) is 6.54 Å². The molecule has 0 bridgehead atoms. The van der Waals surface area contributed by atoms with Crippen LogP contribution in [0.3, 0.4) is 0 Å². The van der Waals surface area contributed by atoms with Crippen molar-refractivity contribution in [3.63, 3.8) is 0 Å². The Kier molecular flexibility index (Phi) is 3.41. The molecule has 16 heavy (non-hydrogen) atoms. The zero-order chi connectivity index (χ0) is 11.4. The topological polar surface area (TPSA) is 52.6 Å². The van der Waals surface area contributed by atoms with Gasteiger partial charge in [-0.3, -0.25) is 0 Å². The first kappa shape index (κ1) is 11.0. The number of nitrogens with zero attached hydrogens (tertiary/aromatic N) is 1. The van der Waals surface area contributed by atoms with Gasteiger partial charge in [0.25, 0.3) is 0 Å². The minimum absolute atomic E-state index is 0.0442. The molecule has 1 atom stereocenters. The molecule has 1 aliphatic heterocycles. The molecular formula is C12H16N2O2. The number of aliphatic hydroxyl groups is 1. The summed E-state index contributed by atoms with van der Waals surface area (Å²) >= 11 is 0. The molecule has 1 fully saturated rings. The van der Waals surface area contributed by atoms with Gasteiger partial charge in [0, 0.05) is 13.1 Å². The molecule has 86 valence electrons. The Bertz CT molecular complexity index is 353. The second kappa shape index (κ2) is 4.99. The van der Waals surface area contributed by atoms with E-state index in [-0.39, 0.29) is 18.7 Å². The number of urea groups is 1. The third-order valence-electron chi connectivity index (χ3n) is 2.85. The molecule has 1 aromatic carbocycles. The van der Waals surface area contributed by atoms with Gasteiger partial charge in [-0.2, -0.15) is 0 Å². The van der Waals surface area contributed by atoms with Crippen LogP contribution in [-0.2, 0) is 0 Å². The highest BCUT2D eigenvalue weighted by molar-refractivity contribution is 5.75. The van der Waals surface area contributed by atoms with E-state index in [1.54, 1.807) is 4.90 Å². The van der Waals surface area contributed by atoms with Crippen LogP contribution >= 0.6 is 0 Å². The number of nitrogens with one attached hydrogen (secondary N) is 1. The third kappa shape index (κ3) is 2.17. The number of carbonyl (C=O) groups excluding carboxylic acids is 1. The number of benzene rings is 1. The summed E-state index contributed by atoms with van der Waals surface area (Å²) < 4.78 is 0. The summed E-state index contributed by atoms with van der Waals surface area (Å²) in [5, 5.41) is 12.2. The molecule has 4 heteroatoms. The minimum atomic E-state index is -0.235. The molecule has 1 saturated heterocycles. The van der Waals surface area contributed by atoms with Crippen LogP contribution in [0.15, 0.2) is 30.3 Å². The summed E-state index contributed by atoms with van der Waals surface area (Å²) in [4.78, 5) is 13.4. The molecule has 0 spiro atoms. The molecule has 4 nitrogen and oxygen atoms in total. The summed E-state index contributed by atoms with van der Waals surface area (Å²) in [5.74, 6) is 0. The van der Waals surface area contributed by atoms with Crippen LogP contribution < -0.4 is 5.32 Å². The maximum absolute atomic E-state index is 11.7. The fourth-order valence-corrected chi connectivity index (χ4v) is 2.00. The van der Waals surface area contributed by atoms with Gasteiger partial charge in [0.05, 0.1) is 12.6 Å². The molecule has 0 aromatic heterocycles. The lowest BCUT2D eigenvalue weighted by molar-refractivity contribution is 0.123. The van der Waals surface area contributed by atoms with Gasteiger partial charge >= 0.3 is 6.03 Å². The SMILES string of the molecule is O=C1NCCCN1C(CO)c1ccccc1. The summed E-state index contributed by atoms with van der Waals surface area (Å²) in [6, 6.07) is 9.30. The van der Waals surface area contributed by atoms with E-state index in [4.69, 9.17) is 0 Å². The van der Waals surface area contributed by atoms with Gasteiger partial charge in [-0.15, -0.1) is 0 Å². The largest absolute Gasteiger partial charge is 0.394 e. The summed E-state index contributed by atoms with van der Waals surface area (Å²) in [5.41, 5.74) is 0.974. The van der Waals surface area contributed by atoms with Crippen molar-refractivity contribution in [2.75, 3.05) is 19.7 Å². The van der Waals surface area contributed by atoms with Gasteiger partial charge in [-0.1, -0.05) is 30.3 Å². The van der Waals surface area contributed by atoms with Gasteiger partial charge < -0.3 is 15.3 Å². The minimum Gasteiger partial charge on any atom is -0.394 e. The van der Waals surface area contributed by atoms with E-state index in [9.17, 15) is 9.90 Å². The van der Waals surface area contributed by atoms with E-state index in [0.717, 1.165) is 18.5 Å². The Hall–Kier alpha value is -1.55. The molecule has 0 aliphatic carbocycles. The Morgan fingerprint density at radius 1 is 1.38 bits per heavy atom. The van der Waals surface area contributed by atoms with Crippen LogP contribution in [0.5, 0.6) is 0 Å². The van der Waals surface area contributed by atoms with E-state index < -0.39 is 0 Å². The van der Waals surface area contributed by atoms with Crippen molar-refractivity contribution in [1.29, 1.82) is 0 Å². The lowest BCUT2D eigenvalue weighted by atomic mass is 10.1. The number of carbonyl (C=O) groups is 1. The first-order chi connectivity index (χ1) is 7.83. The quantitative estimate of drug-likeness (QED) is 0.802. The number of aliphatic hydroxyl groups excluding tert-OH is 1. The van der Waals surface area contributed by atoms with Gasteiger partial charge in [-0.05, 0) is 12.0 Å². The van der Waals surface area contributed by atoms with Gasteiger partial charge in [0.1, 0.15) is 0 Å². The molecule has 1 heterocycles. The van der Waals surface area contributed by atoms with Crippen molar-refractivity contribution >= 4 is 6.03 Å². The van der Waals surface area contributed by atoms with Crippen molar-refractivity contribution < 1.29 is 9.90 Å². The first-order valence-electron chi connectivity index (χ1n) is 5.53. The standard InChI is InChI=1S/C12H16N2O2/c15-9-11(10-5-2-1-3-6-10)14-8-4-7-13-12(14)16/h1-3,5-6,11,15H,4,7-9H2,(H,13,16). The van der Waals surface area contributed by atoms with Crippen LogP contribution in [0.1, 0.15) is 18.0 Å². The van der Waals surface area contributed by atoms with Crippen molar-refractivity contribution in [1.82, 2.24) is 10.2 Å². The molecule has 2 amide bonds. The second-order valence-electron chi connectivity index (χ2n) is 3.89. The number of hydrogen-bond donors (Lipinski definition) is 2. The summed E-state index contributed by atoms with van der Waals surface area (Å²) in [7, 11) is 0. The highest BCUT2D eigenvalue weighted by Gasteiger charge is 2.26. The Morgan fingerprint density at radius 2 is 2.12 bits per heavy atom. The predicted octanol–water partition coefficient (Wildman–Crippen LogP) is 1.14. The van der Waals surface area contributed by atoms with E-state index in [1.807, 2.05) is 30.3 Å². The van der Waals surface area contributed by atoms with Crippen molar-refractivity contribution in [3.05, 3.63) is 35.9 Å². The van der Waals surface area contributed by atoms with Crippen LogP contribution in [0.4, 0.5) is 4.79 Å². The number of rotatable bonds is 3. The molecule has 1 unspecified atom stereocenters. The van der Waals surface area contributed by atoms with Gasteiger partial charge in [0.15, 0.2) is 0 Å². The van der Waals surface area contributed by atoms with Crippen molar-refractivity contribution in [3.8, 4) is 0 Å². The highest BCUT2D eigenvalue weighted by atomic mass is 16.3. The zero-order valence-electron chi connectivity index (χ0n) is 9.10. The lowest BCUT2D eigenvalue weighted by Crippen LogP contribution is -2.48. The maximum atomic E-state index is 11.7. The van der Waals surface area contributed by atoms with Crippen LogP contribution in [0.2, 0.25) is 0 Å². The monoisotopic (exact) mass is 220 g/mol. The molecule has 2 N–H and O–H groups in total. The molecule has 1 aromatic rings. The van der Waals surface area contributed by atoms with Crippen LogP contribution in [0, 0.1) is 0 Å². The molecule has 0 saturated carbocycles. The number of amides is 2. The normalized spacial score (nSPS) is 18.1. The van der Waals surface area contributed by atoms with Crippen molar-refractivity contribution in [2.45, 2.75) is 12.5 Å². The van der Waals surface area contributed by atoms with Crippen molar-refractivity contribution in [2.24, 2.45) is 0 Å². The Morgan fingerprint density at radius 3 is 2.75 bits per heavy atom. The van der Waals surface area contributed by atoms with Crippen LogP contribution in [-0.4, -0.2) is 35.7 Å². The highest BCUT2D eigenvalue weighted by Crippen LogP contribution is 2.21. The smallest absolute Gasteiger partial charge is 0.317 e. The average molecular weight is 220 g/mol. The summed E-state index contributed by atoms with van der Waals surface area (Å²) in [6.45, 7) is 1.38. The molecule has 2 rings (SSSR count). The van der Waals surface area contributed by atoms with E-state index in [1.165, 1.54) is 0 Å². The first-order valence-corrected chi connectivity index (χ1v) is 5.53. The molecule has 1 aliphatic rings. The Labute approximate surface area is 94.9 Å². The second-order valence-corrected chi connectivity index (χ2v) is 3.89. The fraction of sp³-hybridized carbons (Fsp3) is 0.417. The van der Waals surface area contributed by atoms with Crippen LogP contribution in [0.25, 0.3) is 0 Å². The third-order valence-corrected chi connectivity index (χ3v) is 2.85. The fourth-order valence-electron chi connectivity index (χ4n) is 2.00. The molecule has 0 radical (unpaired) electrons. The molecular weight excluding hydrogens is 204 g/mol. The van der Waals surface area contributed by atoms with E-state index in [2.05, 4.69) is 5.32 Å². The maximum Gasteiger partial charge on any atom is 0.317 e. The zero-order valence-corrected chi connectivity index (χ0v) is 9.10.